The van der Waals surface area contributed by atoms with Crippen molar-refractivity contribution >= 4 is 17.6 Å². The summed E-state index contributed by atoms with van der Waals surface area (Å²) in [5, 5.41) is 21.4. The molecular formula is C24H24N4O. The molecule has 0 amide bonds. The molecular weight excluding hydrogens is 360 g/mol. The molecule has 0 atom stereocenters. The van der Waals surface area contributed by atoms with Gasteiger partial charge < -0.3 is 16.2 Å². The van der Waals surface area contributed by atoms with E-state index < -0.39 is 0 Å². The molecule has 3 aromatic carbocycles. The van der Waals surface area contributed by atoms with Crippen LogP contribution in [-0.4, -0.2) is 24.5 Å². The summed E-state index contributed by atoms with van der Waals surface area (Å²) in [5.41, 5.74) is 12.8. The van der Waals surface area contributed by atoms with E-state index in [1.807, 2.05) is 43.3 Å². The number of nitrogen functional groups attached to an aromatic ring is 1. The topological polar surface area (TPSA) is 94.4 Å². The van der Waals surface area contributed by atoms with Gasteiger partial charge in [0, 0.05) is 24.9 Å². The average Bonchev–Trinajstić information content (AvgIpc) is 2.75. The second kappa shape index (κ2) is 9.65. The Balaban J connectivity index is 1.94. The van der Waals surface area contributed by atoms with Gasteiger partial charge in [-0.25, -0.2) is 0 Å². The molecule has 0 heterocycles. The first-order chi connectivity index (χ1) is 14.1. The molecule has 0 saturated heterocycles. The van der Waals surface area contributed by atoms with Gasteiger partial charge >= 0.3 is 0 Å². The fourth-order valence-electron chi connectivity index (χ4n) is 3.18. The molecule has 0 aromatic heterocycles. The van der Waals surface area contributed by atoms with Crippen molar-refractivity contribution in [2.45, 2.75) is 13.5 Å². The van der Waals surface area contributed by atoms with Gasteiger partial charge in [-0.05, 0) is 47.4 Å². The summed E-state index contributed by atoms with van der Waals surface area (Å²) in [6.45, 7) is 3.14. The van der Waals surface area contributed by atoms with Crippen molar-refractivity contribution in [1.29, 1.82) is 5.26 Å². The summed E-state index contributed by atoms with van der Waals surface area (Å²) in [7, 11) is 0. The molecule has 0 aliphatic heterocycles. The Morgan fingerprint density at radius 3 is 2.66 bits per heavy atom. The van der Waals surface area contributed by atoms with E-state index in [1.165, 1.54) is 0 Å². The first-order valence-corrected chi connectivity index (χ1v) is 9.47. The van der Waals surface area contributed by atoms with Crippen LogP contribution in [-0.2, 0) is 6.54 Å². The largest absolute Gasteiger partial charge is 0.397 e. The normalized spacial score (nSPS) is 10.9. The molecule has 0 aliphatic carbocycles. The van der Waals surface area contributed by atoms with Gasteiger partial charge in [-0.3, -0.25) is 4.99 Å². The van der Waals surface area contributed by atoms with E-state index in [-0.39, 0.29) is 6.61 Å². The standard InChI is InChI=1S/C24H24N4O/c1-17-22(19-6-3-2-4-7-19)8-5-9-23(17)28-16-21-13-18(15-27-10-11-29)12-20(14-25)24(21)26/h2-9,12-13,16,27,29H,10-11,15,26H2,1H3. The number of nitriles is 1. The van der Waals surface area contributed by atoms with E-state index in [0.29, 0.717) is 29.9 Å². The lowest BCUT2D eigenvalue weighted by molar-refractivity contribution is 0.292. The van der Waals surface area contributed by atoms with Crippen molar-refractivity contribution in [2.24, 2.45) is 4.99 Å². The highest BCUT2D eigenvalue weighted by Gasteiger charge is 2.08. The minimum absolute atomic E-state index is 0.0609. The second-order valence-electron chi connectivity index (χ2n) is 6.73. The van der Waals surface area contributed by atoms with E-state index in [9.17, 15) is 5.26 Å². The van der Waals surface area contributed by atoms with Crippen molar-refractivity contribution < 1.29 is 5.11 Å². The van der Waals surface area contributed by atoms with Crippen LogP contribution in [0.1, 0.15) is 22.3 Å². The lowest BCUT2D eigenvalue weighted by Gasteiger charge is -2.10. The molecule has 0 fully saturated rings. The minimum Gasteiger partial charge on any atom is -0.397 e. The van der Waals surface area contributed by atoms with Gasteiger partial charge in [-0.2, -0.15) is 5.26 Å². The van der Waals surface area contributed by atoms with Crippen LogP contribution in [0.2, 0.25) is 0 Å². The maximum Gasteiger partial charge on any atom is 0.101 e. The van der Waals surface area contributed by atoms with E-state index in [0.717, 1.165) is 27.9 Å². The fourth-order valence-corrected chi connectivity index (χ4v) is 3.18. The Labute approximate surface area is 171 Å². The molecule has 0 saturated carbocycles. The maximum atomic E-state index is 9.40. The van der Waals surface area contributed by atoms with Gasteiger partial charge in [-0.1, -0.05) is 42.5 Å². The fraction of sp³-hybridized carbons (Fsp3) is 0.167. The van der Waals surface area contributed by atoms with Crippen molar-refractivity contribution in [2.75, 3.05) is 18.9 Å². The first-order valence-electron chi connectivity index (χ1n) is 9.47. The average molecular weight is 384 g/mol. The summed E-state index contributed by atoms with van der Waals surface area (Å²) in [4.78, 5) is 4.66. The molecule has 0 spiro atoms. The van der Waals surface area contributed by atoms with Crippen molar-refractivity contribution in [1.82, 2.24) is 5.32 Å². The number of benzene rings is 3. The Morgan fingerprint density at radius 2 is 1.93 bits per heavy atom. The first kappa shape index (κ1) is 20.3. The lowest BCUT2D eigenvalue weighted by Crippen LogP contribution is -2.17. The number of nitrogens with zero attached hydrogens (tertiary/aromatic N) is 2. The third-order valence-electron chi connectivity index (χ3n) is 4.74. The highest BCUT2D eigenvalue weighted by Crippen LogP contribution is 2.30. The van der Waals surface area contributed by atoms with Crippen LogP contribution < -0.4 is 11.1 Å². The number of hydrogen-bond acceptors (Lipinski definition) is 5. The Bertz CT molecular complexity index is 1050. The number of aliphatic imine (C=N–C) groups is 1. The van der Waals surface area contributed by atoms with Gasteiger partial charge in [0.25, 0.3) is 0 Å². The number of rotatable bonds is 7. The zero-order valence-electron chi connectivity index (χ0n) is 16.4. The zero-order valence-corrected chi connectivity index (χ0v) is 16.4. The van der Waals surface area contributed by atoms with Gasteiger partial charge in [0.05, 0.1) is 23.5 Å². The summed E-state index contributed by atoms with van der Waals surface area (Å²) in [6, 6.07) is 22.1. The molecule has 5 nitrogen and oxygen atoms in total. The van der Waals surface area contributed by atoms with E-state index in [4.69, 9.17) is 10.8 Å². The summed E-state index contributed by atoms with van der Waals surface area (Å²) in [6.07, 6.45) is 1.71. The zero-order chi connectivity index (χ0) is 20.6. The Kier molecular flexibility index (Phi) is 6.75. The van der Waals surface area contributed by atoms with Crippen LogP contribution in [0.25, 0.3) is 11.1 Å². The molecule has 3 rings (SSSR count). The predicted molar refractivity (Wildman–Crippen MR) is 118 cm³/mol. The van der Waals surface area contributed by atoms with Gasteiger partial charge in [0.15, 0.2) is 0 Å². The van der Waals surface area contributed by atoms with Gasteiger partial charge in [0.2, 0.25) is 0 Å². The molecule has 0 radical (unpaired) electrons. The monoisotopic (exact) mass is 384 g/mol. The SMILES string of the molecule is Cc1c(N=Cc2cc(CNCCO)cc(C#N)c2N)cccc1-c1ccccc1. The van der Waals surface area contributed by atoms with E-state index in [2.05, 4.69) is 34.6 Å². The lowest BCUT2D eigenvalue weighted by atomic mass is 9.99. The van der Waals surface area contributed by atoms with Crippen LogP contribution in [0.3, 0.4) is 0 Å². The van der Waals surface area contributed by atoms with Crippen LogP contribution >= 0.6 is 0 Å². The number of nitrogens with two attached hydrogens (primary N) is 1. The maximum absolute atomic E-state index is 9.40. The van der Waals surface area contributed by atoms with E-state index in [1.54, 1.807) is 12.3 Å². The minimum atomic E-state index is 0.0609. The molecule has 29 heavy (non-hydrogen) atoms. The third kappa shape index (κ3) is 4.88. The molecule has 146 valence electrons. The third-order valence-corrected chi connectivity index (χ3v) is 4.74. The highest BCUT2D eigenvalue weighted by molar-refractivity contribution is 5.91. The van der Waals surface area contributed by atoms with Crippen molar-refractivity contribution in [3.8, 4) is 17.2 Å². The number of hydrogen-bond donors (Lipinski definition) is 3. The Hall–Kier alpha value is -3.46. The summed E-state index contributed by atoms with van der Waals surface area (Å²) in [5.74, 6) is 0. The van der Waals surface area contributed by atoms with Crippen LogP contribution in [0.15, 0.2) is 65.7 Å². The molecule has 0 unspecified atom stereocenters. The second-order valence-corrected chi connectivity index (χ2v) is 6.73. The number of aliphatic hydroxyl groups excluding tert-OH is 1. The number of nitrogens with one attached hydrogen (secondary N) is 1. The van der Waals surface area contributed by atoms with Crippen LogP contribution in [0.4, 0.5) is 11.4 Å². The van der Waals surface area contributed by atoms with Gasteiger partial charge in [-0.15, -0.1) is 0 Å². The molecule has 5 heteroatoms. The van der Waals surface area contributed by atoms with Crippen LogP contribution in [0.5, 0.6) is 0 Å². The highest BCUT2D eigenvalue weighted by atomic mass is 16.3. The smallest absolute Gasteiger partial charge is 0.101 e. The molecule has 0 aliphatic rings. The number of anilines is 1. The predicted octanol–water partition coefficient (Wildman–Crippen LogP) is 3.95. The molecule has 3 aromatic rings. The summed E-state index contributed by atoms with van der Waals surface area (Å²) < 4.78 is 0. The van der Waals surface area contributed by atoms with Crippen molar-refractivity contribution in [3.05, 3.63) is 82.9 Å². The van der Waals surface area contributed by atoms with Crippen LogP contribution in [0, 0.1) is 18.3 Å². The van der Waals surface area contributed by atoms with Crippen molar-refractivity contribution in [3.63, 3.8) is 0 Å². The van der Waals surface area contributed by atoms with Gasteiger partial charge in [0.1, 0.15) is 6.07 Å². The molecule has 0 bridgehead atoms. The van der Waals surface area contributed by atoms with E-state index >= 15 is 0 Å². The summed E-state index contributed by atoms with van der Waals surface area (Å²) >= 11 is 0. The molecule has 4 N–H and O–H groups in total. The Morgan fingerprint density at radius 1 is 1.14 bits per heavy atom. The quantitative estimate of drug-likeness (QED) is 0.327. The number of aliphatic hydroxyl groups is 1.